The van der Waals surface area contributed by atoms with Crippen LogP contribution in [0.5, 0.6) is 5.75 Å². The molecule has 1 heterocycles. The van der Waals surface area contributed by atoms with Crippen molar-refractivity contribution in [3.8, 4) is 16.9 Å². The van der Waals surface area contributed by atoms with Gasteiger partial charge in [-0.2, -0.15) is 0 Å². The van der Waals surface area contributed by atoms with Crippen LogP contribution in [0.1, 0.15) is 29.1 Å². The Morgan fingerprint density at radius 2 is 1.95 bits per heavy atom. The molecule has 0 aliphatic heterocycles. The number of nitrogen functional groups attached to an aromatic ring is 1. The molecule has 0 radical (unpaired) electrons. The highest BCUT2D eigenvalue weighted by Crippen LogP contribution is 2.38. The van der Waals surface area contributed by atoms with Crippen LogP contribution in [0.25, 0.3) is 11.1 Å². The number of aryl methyl sites for hydroxylation is 1. The summed E-state index contributed by atoms with van der Waals surface area (Å²) in [6, 6.07) is 7.74. The van der Waals surface area contributed by atoms with E-state index in [1.54, 1.807) is 0 Å². The summed E-state index contributed by atoms with van der Waals surface area (Å²) in [5.41, 5.74) is 8.48. The normalized spacial score (nSPS) is 10.4. The Balaban J connectivity index is 2.45. The topological polar surface area (TPSA) is 64.4 Å². The monoisotopic (exact) mass is 304 g/mol. The van der Waals surface area contributed by atoms with Crippen LogP contribution in [0.3, 0.4) is 0 Å². The fraction of sp³-hybridized carbons (Fsp3) is 0.312. The van der Waals surface area contributed by atoms with Gasteiger partial charge in [0.15, 0.2) is 0 Å². The summed E-state index contributed by atoms with van der Waals surface area (Å²) in [5, 5.41) is 3.38. The maximum absolute atomic E-state index is 12.2. The summed E-state index contributed by atoms with van der Waals surface area (Å²) >= 11 is 1.45. The maximum atomic E-state index is 12.2. The first-order chi connectivity index (χ1) is 10.1. The minimum atomic E-state index is -0.122. The van der Waals surface area contributed by atoms with Gasteiger partial charge in [0.05, 0.1) is 17.2 Å². The highest BCUT2D eigenvalue weighted by Gasteiger charge is 2.21. The molecule has 2 aromatic rings. The molecule has 0 saturated heterocycles. The molecule has 0 fully saturated rings. The summed E-state index contributed by atoms with van der Waals surface area (Å²) in [4.78, 5) is 13.3. The van der Waals surface area contributed by atoms with Crippen molar-refractivity contribution < 1.29 is 9.53 Å². The molecule has 21 heavy (non-hydrogen) atoms. The molecule has 112 valence electrons. The van der Waals surface area contributed by atoms with Gasteiger partial charge in [-0.05, 0) is 38.5 Å². The quantitative estimate of drug-likeness (QED) is 0.889. The number of rotatable bonds is 5. The average Bonchev–Trinajstić information content (AvgIpc) is 2.75. The Bertz CT molecular complexity index is 632. The molecule has 4 nitrogen and oxygen atoms in total. The number of benzene rings is 1. The Labute approximate surface area is 128 Å². The van der Waals surface area contributed by atoms with Crippen LogP contribution >= 0.6 is 11.3 Å². The zero-order valence-corrected chi connectivity index (χ0v) is 13.3. The third kappa shape index (κ3) is 3.19. The summed E-state index contributed by atoms with van der Waals surface area (Å²) in [5.74, 6) is 0.699. The predicted octanol–water partition coefficient (Wildman–Crippen LogP) is 3.45. The second kappa shape index (κ2) is 6.63. The van der Waals surface area contributed by atoms with Crippen molar-refractivity contribution in [3.63, 3.8) is 0 Å². The van der Waals surface area contributed by atoms with Crippen molar-refractivity contribution in [2.45, 2.75) is 20.8 Å². The molecule has 0 saturated carbocycles. The van der Waals surface area contributed by atoms with Gasteiger partial charge in [-0.1, -0.05) is 12.1 Å². The van der Waals surface area contributed by atoms with Crippen LogP contribution in [0.2, 0.25) is 0 Å². The molecule has 0 aliphatic carbocycles. The SMILES string of the molecule is CCNC(=O)c1c(N)sc(C)c1-c1ccc(OCC)cc1. The van der Waals surface area contributed by atoms with Gasteiger partial charge >= 0.3 is 0 Å². The lowest BCUT2D eigenvalue weighted by Gasteiger charge is -2.08. The molecule has 0 spiro atoms. The number of amides is 1. The van der Waals surface area contributed by atoms with Crippen molar-refractivity contribution in [2.24, 2.45) is 0 Å². The number of hydrogen-bond acceptors (Lipinski definition) is 4. The Kier molecular flexibility index (Phi) is 4.85. The first kappa shape index (κ1) is 15.4. The van der Waals surface area contributed by atoms with E-state index in [0.717, 1.165) is 21.8 Å². The van der Waals surface area contributed by atoms with Crippen molar-refractivity contribution in [1.29, 1.82) is 0 Å². The molecule has 2 rings (SSSR count). The van der Waals surface area contributed by atoms with Gasteiger partial charge < -0.3 is 15.8 Å². The minimum Gasteiger partial charge on any atom is -0.494 e. The van der Waals surface area contributed by atoms with Crippen molar-refractivity contribution in [2.75, 3.05) is 18.9 Å². The number of nitrogens with one attached hydrogen (secondary N) is 1. The van der Waals surface area contributed by atoms with Gasteiger partial charge in [0.1, 0.15) is 5.75 Å². The van der Waals surface area contributed by atoms with E-state index < -0.39 is 0 Å². The zero-order valence-electron chi connectivity index (χ0n) is 12.5. The fourth-order valence-corrected chi connectivity index (χ4v) is 3.22. The summed E-state index contributed by atoms with van der Waals surface area (Å²) in [6.45, 7) is 7.04. The molecule has 3 N–H and O–H groups in total. The lowest BCUT2D eigenvalue weighted by molar-refractivity contribution is 0.0957. The van der Waals surface area contributed by atoms with E-state index in [1.165, 1.54) is 11.3 Å². The molecule has 0 bridgehead atoms. The largest absolute Gasteiger partial charge is 0.494 e. The standard InChI is InChI=1S/C16H20N2O2S/c1-4-18-16(19)14-13(10(3)21-15(14)17)11-6-8-12(9-7-11)20-5-2/h6-9H,4-5,17H2,1-3H3,(H,18,19). The number of nitrogens with two attached hydrogens (primary N) is 1. The van der Waals surface area contributed by atoms with E-state index in [4.69, 9.17) is 10.5 Å². The average molecular weight is 304 g/mol. The lowest BCUT2D eigenvalue weighted by Crippen LogP contribution is -2.23. The van der Waals surface area contributed by atoms with Crippen LogP contribution in [0.4, 0.5) is 5.00 Å². The van der Waals surface area contributed by atoms with E-state index in [0.29, 0.717) is 23.7 Å². The molecule has 0 atom stereocenters. The smallest absolute Gasteiger partial charge is 0.254 e. The lowest BCUT2D eigenvalue weighted by atomic mass is 10.0. The number of carbonyl (C=O) groups excluding carboxylic acids is 1. The van der Waals surface area contributed by atoms with Crippen molar-refractivity contribution >= 4 is 22.2 Å². The second-order valence-electron chi connectivity index (χ2n) is 4.59. The third-order valence-electron chi connectivity index (χ3n) is 3.13. The van der Waals surface area contributed by atoms with Crippen LogP contribution in [-0.4, -0.2) is 19.1 Å². The number of hydrogen-bond donors (Lipinski definition) is 2. The van der Waals surface area contributed by atoms with Crippen LogP contribution < -0.4 is 15.8 Å². The highest BCUT2D eigenvalue weighted by molar-refractivity contribution is 7.16. The fourth-order valence-electron chi connectivity index (χ4n) is 2.27. The van der Waals surface area contributed by atoms with E-state index in [2.05, 4.69) is 5.32 Å². The van der Waals surface area contributed by atoms with Gasteiger partial charge in [-0.25, -0.2) is 0 Å². The maximum Gasteiger partial charge on any atom is 0.254 e. The summed E-state index contributed by atoms with van der Waals surface area (Å²) in [7, 11) is 0. The number of carbonyl (C=O) groups is 1. The van der Waals surface area contributed by atoms with E-state index >= 15 is 0 Å². The molecule has 0 aliphatic rings. The van der Waals surface area contributed by atoms with Gasteiger partial charge in [0.25, 0.3) is 5.91 Å². The first-order valence-electron chi connectivity index (χ1n) is 6.98. The van der Waals surface area contributed by atoms with Crippen LogP contribution in [-0.2, 0) is 0 Å². The molecule has 0 unspecified atom stereocenters. The molecular formula is C16H20N2O2S. The summed E-state index contributed by atoms with van der Waals surface area (Å²) in [6.07, 6.45) is 0. The molecular weight excluding hydrogens is 284 g/mol. The molecule has 5 heteroatoms. The first-order valence-corrected chi connectivity index (χ1v) is 7.80. The highest BCUT2D eigenvalue weighted by atomic mass is 32.1. The summed E-state index contributed by atoms with van der Waals surface area (Å²) < 4.78 is 5.45. The van der Waals surface area contributed by atoms with E-state index in [-0.39, 0.29) is 5.91 Å². The van der Waals surface area contributed by atoms with Crippen molar-refractivity contribution in [1.82, 2.24) is 5.32 Å². The third-order valence-corrected chi connectivity index (χ3v) is 4.06. The van der Waals surface area contributed by atoms with E-state index in [1.807, 2.05) is 45.0 Å². The number of ether oxygens (including phenoxy) is 1. The predicted molar refractivity (Wildman–Crippen MR) is 88.1 cm³/mol. The molecule has 1 aromatic heterocycles. The van der Waals surface area contributed by atoms with Gasteiger partial charge in [-0.3, -0.25) is 4.79 Å². The Morgan fingerprint density at radius 1 is 1.29 bits per heavy atom. The van der Waals surface area contributed by atoms with E-state index in [9.17, 15) is 4.79 Å². The van der Waals surface area contributed by atoms with Crippen LogP contribution in [0, 0.1) is 6.92 Å². The zero-order chi connectivity index (χ0) is 15.4. The Hall–Kier alpha value is -2.01. The van der Waals surface area contributed by atoms with Gasteiger partial charge in [0.2, 0.25) is 0 Å². The van der Waals surface area contributed by atoms with Crippen molar-refractivity contribution in [3.05, 3.63) is 34.7 Å². The number of thiophene rings is 1. The molecule has 1 amide bonds. The van der Waals surface area contributed by atoms with Gasteiger partial charge in [0, 0.05) is 17.0 Å². The number of anilines is 1. The molecule has 1 aromatic carbocycles. The minimum absolute atomic E-state index is 0.122. The van der Waals surface area contributed by atoms with Gasteiger partial charge in [-0.15, -0.1) is 11.3 Å². The second-order valence-corrected chi connectivity index (χ2v) is 5.85. The van der Waals surface area contributed by atoms with Crippen LogP contribution in [0.15, 0.2) is 24.3 Å². The Morgan fingerprint density at radius 3 is 2.52 bits per heavy atom.